The molecular formula is C17H13F2O7S-. The van der Waals surface area contributed by atoms with E-state index in [1.807, 2.05) is 0 Å². The number of carbonyl (C=O) groups excluding carboxylic acids is 2. The largest absolute Gasteiger partial charge is 0.743 e. The molecule has 0 spiro atoms. The quantitative estimate of drug-likeness (QED) is 0.318. The van der Waals surface area contributed by atoms with E-state index in [-0.39, 0.29) is 16.9 Å². The van der Waals surface area contributed by atoms with Crippen molar-refractivity contribution in [2.45, 2.75) is 12.2 Å². The topological polar surface area (TPSA) is 110 Å². The van der Waals surface area contributed by atoms with Gasteiger partial charge in [0.15, 0.2) is 16.7 Å². The predicted octanol–water partition coefficient (Wildman–Crippen LogP) is 2.62. The molecule has 0 saturated carbocycles. The zero-order chi connectivity index (χ0) is 20.4. The molecule has 2 rings (SSSR count). The summed E-state index contributed by atoms with van der Waals surface area (Å²) in [5.74, 6) is -1.59. The summed E-state index contributed by atoms with van der Waals surface area (Å²) in [4.78, 5) is 23.3. The lowest BCUT2D eigenvalue weighted by Gasteiger charge is -2.19. The second kappa shape index (κ2) is 7.41. The molecule has 7 nitrogen and oxygen atoms in total. The third-order valence-electron chi connectivity index (χ3n) is 3.34. The Hall–Kier alpha value is -2.85. The number of ether oxygens (including phenoxy) is 2. The van der Waals surface area contributed by atoms with Crippen LogP contribution in [0.25, 0.3) is 10.8 Å². The Labute approximate surface area is 152 Å². The molecule has 0 unspecified atom stereocenters. The van der Waals surface area contributed by atoms with Gasteiger partial charge in [-0.2, -0.15) is 8.78 Å². The molecule has 0 aliphatic carbocycles. The molecule has 144 valence electrons. The first kappa shape index (κ1) is 20.5. The van der Waals surface area contributed by atoms with Crippen molar-refractivity contribution in [3.63, 3.8) is 0 Å². The maximum Gasteiger partial charge on any atom is 0.367 e. The smallest absolute Gasteiger partial charge is 0.367 e. The average molecular weight is 399 g/mol. The van der Waals surface area contributed by atoms with Crippen molar-refractivity contribution in [3.8, 4) is 5.75 Å². The molecule has 0 radical (unpaired) electrons. The fourth-order valence-electron chi connectivity index (χ4n) is 1.91. The normalized spacial score (nSPS) is 11.9. The molecule has 0 aromatic heterocycles. The summed E-state index contributed by atoms with van der Waals surface area (Å²) in [7, 11) is -5.94. The Kier molecular flexibility index (Phi) is 5.62. The van der Waals surface area contributed by atoms with Crippen molar-refractivity contribution < 1.29 is 40.8 Å². The average Bonchev–Trinajstić information content (AvgIpc) is 2.58. The third kappa shape index (κ3) is 4.86. The van der Waals surface area contributed by atoms with Crippen LogP contribution >= 0.6 is 0 Å². The van der Waals surface area contributed by atoms with Gasteiger partial charge in [0.25, 0.3) is 0 Å². The fraction of sp³-hybridized carbons (Fsp3) is 0.176. The number of hydrogen-bond donors (Lipinski definition) is 0. The Morgan fingerprint density at radius 1 is 1.15 bits per heavy atom. The van der Waals surface area contributed by atoms with Crippen LogP contribution in [0.3, 0.4) is 0 Å². The minimum absolute atomic E-state index is 0.131. The second-order valence-corrected chi connectivity index (χ2v) is 7.07. The molecule has 10 heteroatoms. The number of rotatable bonds is 6. The highest BCUT2D eigenvalue weighted by Crippen LogP contribution is 2.24. The van der Waals surface area contributed by atoms with Crippen LogP contribution in [-0.2, 0) is 19.6 Å². The van der Waals surface area contributed by atoms with Crippen LogP contribution in [0.1, 0.15) is 17.3 Å². The molecule has 0 bridgehead atoms. The van der Waals surface area contributed by atoms with Gasteiger partial charge in [0.05, 0.1) is 5.56 Å². The van der Waals surface area contributed by atoms with Gasteiger partial charge in [-0.3, -0.25) is 0 Å². The molecule has 0 atom stereocenters. The van der Waals surface area contributed by atoms with Crippen LogP contribution in [0, 0.1) is 0 Å². The van der Waals surface area contributed by atoms with Gasteiger partial charge >= 0.3 is 17.2 Å². The van der Waals surface area contributed by atoms with E-state index in [1.54, 1.807) is 0 Å². The second-order valence-electron chi connectivity index (χ2n) is 5.56. The number of halogens is 2. The van der Waals surface area contributed by atoms with Gasteiger partial charge in [0.1, 0.15) is 5.75 Å². The fourth-order valence-corrected chi connectivity index (χ4v) is 2.12. The lowest BCUT2D eigenvalue weighted by Crippen LogP contribution is -2.34. The Balaban J connectivity index is 2.17. The van der Waals surface area contributed by atoms with Crippen LogP contribution in [-0.4, -0.2) is 36.8 Å². The monoisotopic (exact) mass is 399 g/mol. The van der Waals surface area contributed by atoms with Gasteiger partial charge in [-0.05, 0) is 42.0 Å². The zero-order valence-corrected chi connectivity index (χ0v) is 14.7. The van der Waals surface area contributed by atoms with Crippen LogP contribution in [0.2, 0.25) is 0 Å². The number of benzene rings is 2. The van der Waals surface area contributed by atoms with Crippen LogP contribution in [0.5, 0.6) is 5.75 Å². The van der Waals surface area contributed by atoms with Crippen molar-refractivity contribution in [3.05, 3.63) is 54.1 Å². The highest BCUT2D eigenvalue weighted by molar-refractivity contribution is 7.86. The summed E-state index contributed by atoms with van der Waals surface area (Å²) in [5, 5.41) is -3.64. The number of carbonyl (C=O) groups is 2. The Morgan fingerprint density at radius 3 is 2.33 bits per heavy atom. The number of esters is 2. The van der Waals surface area contributed by atoms with E-state index in [2.05, 4.69) is 11.3 Å². The van der Waals surface area contributed by atoms with E-state index in [9.17, 15) is 31.3 Å². The first-order chi connectivity index (χ1) is 12.4. The minimum atomic E-state index is -5.94. The molecule has 0 amide bonds. The first-order valence-corrected chi connectivity index (χ1v) is 8.73. The lowest BCUT2D eigenvalue weighted by atomic mass is 10.1. The predicted molar refractivity (Wildman–Crippen MR) is 89.3 cm³/mol. The highest BCUT2D eigenvalue weighted by Gasteiger charge is 2.39. The van der Waals surface area contributed by atoms with Gasteiger partial charge in [-0.1, -0.05) is 18.7 Å². The highest BCUT2D eigenvalue weighted by atomic mass is 32.2. The van der Waals surface area contributed by atoms with Gasteiger partial charge in [0.2, 0.25) is 0 Å². The van der Waals surface area contributed by atoms with Crippen molar-refractivity contribution in [2.24, 2.45) is 0 Å². The van der Waals surface area contributed by atoms with E-state index in [1.165, 1.54) is 43.3 Å². The molecule has 0 saturated heterocycles. The molecule has 0 aliphatic rings. The van der Waals surface area contributed by atoms with Gasteiger partial charge in [0, 0.05) is 5.57 Å². The lowest BCUT2D eigenvalue weighted by molar-refractivity contribution is -0.130. The summed E-state index contributed by atoms with van der Waals surface area (Å²) < 4.78 is 66.5. The molecule has 0 heterocycles. The van der Waals surface area contributed by atoms with Crippen molar-refractivity contribution >= 4 is 32.8 Å². The molecule has 0 N–H and O–H groups in total. The molecule has 2 aromatic rings. The van der Waals surface area contributed by atoms with Crippen molar-refractivity contribution in [1.29, 1.82) is 0 Å². The molecular weight excluding hydrogens is 386 g/mol. The molecule has 2 aromatic carbocycles. The molecule has 0 fully saturated rings. The van der Waals surface area contributed by atoms with E-state index >= 15 is 0 Å². The number of alkyl halides is 2. The third-order valence-corrected chi connectivity index (χ3v) is 4.19. The van der Waals surface area contributed by atoms with Crippen LogP contribution in [0.4, 0.5) is 8.78 Å². The molecule has 0 aliphatic heterocycles. The van der Waals surface area contributed by atoms with Gasteiger partial charge in [-0.25, -0.2) is 18.0 Å². The maximum absolute atomic E-state index is 13.0. The van der Waals surface area contributed by atoms with Crippen LogP contribution < -0.4 is 4.74 Å². The summed E-state index contributed by atoms with van der Waals surface area (Å²) >= 11 is 0. The van der Waals surface area contributed by atoms with E-state index in [4.69, 9.17) is 4.74 Å². The zero-order valence-electron chi connectivity index (χ0n) is 13.9. The molecule has 27 heavy (non-hydrogen) atoms. The van der Waals surface area contributed by atoms with Crippen LogP contribution in [0.15, 0.2) is 48.6 Å². The van der Waals surface area contributed by atoms with Gasteiger partial charge in [-0.15, -0.1) is 0 Å². The summed E-state index contributed by atoms with van der Waals surface area (Å²) in [5.41, 5.74) is 0.0818. The van der Waals surface area contributed by atoms with Crippen molar-refractivity contribution in [1.82, 2.24) is 0 Å². The Bertz CT molecular complexity index is 1030. The maximum atomic E-state index is 13.0. The number of hydrogen-bond acceptors (Lipinski definition) is 7. The Morgan fingerprint density at radius 2 is 1.74 bits per heavy atom. The first-order valence-electron chi connectivity index (χ1n) is 7.32. The standard InChI is InChI=1S/C17H14F2O7S/c1-10(2)15(20)26-14-6-5-11-7-13(4-3-12(11)8-14)16(21)25-9-17(18,19)27(22,23)24/h3-8H,1,9H2,2H3,(H,22,23,24)/p-1. The van der Waals surface area contributed by atoms with E-state index in [0.29, 0.717) is 10.8 Å². The summed E-state index contributed by atoms with van der Waals surface area (Å²) in [6.07, 6.45) is 0. The summed E-state index contributed by atoms with van der Waals surface area (Å²) in [6, 6.07) is 8.50. The summed E-state index contributed by atoms with van der Waals surface area (Å²) in [6.45, 7) is 3.06. The minimum Gasteiger partial charge on any atom is -0.743 e. The van der Waals surface area contributed by atoms with Crippen molar-refractivity contribution in [2.75, 3.05) is 6.61 Å². The number of fused-ring (bicyclic) bond motifs is 1. The van der Waals surface area contributed by atoms with Gasteiger partial charge < -0.3 is 14.0 Å². The van der Waals surface area contributed by atoms with E-state index in [0.717, 1.165) is 0 Å². The van der Waals surface area contributed by atoms with E-state index < -0.39 is 33.9 Å². The SMILES string of the molecule is C=C(C)C(=O)Oc1ccc2cc(C(=O)OCC(F)(F)S(=O)(=O)[O-])ccc2c1.